The van der Waals surface area contributed by atoms with Gasteiger partial charge in [-0.15, -0.1) is 11.3 Å². The molecule has 1 N–H and O–H groups in total. The zero-order chi connectivity index (χ0) is 13.8. The fraction of sp³-hybridized carbons (Fsp3) is 0.429. The lowest BCUT2D eigenvalue weighted by atomic mass is 10.2. The molecule has 0 amide bonds. The molecule has 0 saturated carbocycles. The minimum atomic E-state index is 0.251. The topological polar surface area (TPSA) is 28.4 Å². The Balaban J connectivity index is 1.96. The first-order valence-electron chi connectivity index (χ1n) is 6.26. The van der Waals surface area contributed by atoms with Crippen LogP contribution in [0.1, 0.15) is 29.6 Å². The Hall–Kier alpha value is -0.620. The van der Waals surface area contributed by atoms with E-state index >= 15 is 0 Å². The first kappa shape index (κ1) is 14.8. The summed E-state index contributed by atoms with van der Waals surface area (Å²) in [5, 5.41) is 3.57. The monoisotopic (exact) mass is 342 g/mol. The van der Waals surface area contributed by atoms with Gasteiger partial charge in [0.15, 0.2) is 0 Å². The van der Waals surface area contributed by atoms with Gasteiger partial charge in [-0.1, -0.05) is 0 Å². The van der Waals surface area contributed by atoms with Crippen LogP contribution < -0.4 is 5.32 Å². The lowest BCUT2D eigenvalue weighted by Gasteiger charge is -2.24. The summed E-state index contributed by atoms with van der Waals surface area (Å²) in [7, 11) is 4.14. The van der Waals surface area contributed by atoms with E-state index in [1.807, 2.05) is 12.1 Å². The van der Waals surface area contributed by atoms with E-state index in [4.69, 9.17) is 4.42 Å². The van der Waals surface area contributed by atoms with Gasteiger partial charge < -0.3 is 9.73 Å². The molecule has 5 heteroatoms. The Labute approximate surface area is 126 Å². The minimum Gasteiger partial charge on any atom is -0.468 e. The predicted octanol–water partition coefficient (Wildman–Crippen LogP) is 4.06. The van der Waals surface area contributed by atoms with Gasteiger partial charge in [0.2, 0.25) is 0 Å². The molecule has 2 aromatic rings. The van der Waals surface area contributed by atoms with Crippen LogP contribution in [0.2, 0.25) is 0 Å². The fourth-order valence-electron chi connectivity index (χ4n) is 1.97. The number of hydrogen-bond donors (Lipinski definition) is 1. The van der Waals surface area contributed by atoms with Crippen molar-refractivity contribution in [2.75, 3.05) is 20.6 Å². The average Bonchev–Trinajstić information content (AvgIpc) is 3.00. The maximum atomic E-state index is 5.51. The van der Waals surface area contributed by atoms with Crippen molar-refractivity contribution in [2.45, 2.75) is 19.0 Å². The molecule has 0 aromatic carbocycles. The number of nitrogens with zero attached hydrogens (tertiary/aromatic N) is 1. The number of rotatable bonds is 6. The van der Waals surface area contributed by atoms with E-state index in [0.717, 1.165) is 12.3 Å². The summed E-state index contributed by atoms with van der Waals surface area (Å²) in [5.41, 5.74) is 0. The zero-order valence-electron chi connectivity index (χ0n) is 11.4. The van der Waals surface area contributed by atoms with Gasteiger partial charge >= 0.3 is 0 Å². The summed E-state index contributed by atoms with van der Waals surface area (Å²) in [6.45, 7) is 3.05. The molecule has 104 valence electrons. The molecule has 0 aliphatic carbocycles. The van der Waals surface area contributed by atoms with Crippen LogP contribution in [0, 0.1) is 0 Å². The molecule has 0 radical (unpaired) electrons. The Bertz CT molecular complexity index is 495. The van der Waals surface area contributed by atoms with Crippen LogP contribution in [0.3, 0.4) is 0 Å². The summed E-state index contributed by atoms with van der Waals surface area (Å²) in [5.74, 6) is 0.997. The number of nitrogens with one attached hydrogen (secondary N) is 1. The van der Waals surface area contributed by atoms with Crippen molar-refractivity contribution in [1.29, 1.82) is 0 Å². The molecule has 19 heavy (non-hydrogen) atoms. The van der Waals surface area contributed by atoms with E-state index in [2.05, 4.69) is 59.3 Å². The van der Waals surface area contributed by atoms with Crippen LogP contribution >= 0.6 is 27.3 Å². The van der Waals surface area contributed by atoms with Crippen LogP contribution in [0.4, 0.5) is 0 Å². The number of furan rings is 1. The van der Waals surface area contributed by atoms with Crippen molar-refractivity contribution in [2.24, 2.45) is 0 Å². The van der Waals surface area contributed by atoms with Crippen molar-refractivity contribution in [3.8, 4) is 0 Å². The first-order valence-corrected chi connectivity index (χ1v) is 7.87. The molecule has 2 atom stereocenters. The molecule has 0 bridgehead atoms. The third-order valence-corrected chi connectivity index (χ3v) is 4.94. The molecule has 0 spiro atoms. The summed E-state index contributed by atoms with van der Waals surface area (Å²) < 4.78 is 6.69. The van der Waals surface area contributed by atoms with Gasteiger partial charge in [-0.25, -0.2) is 0 Å². The van der Waals surface area contributed by atoms with Crippen LogP contribution in [0.5, 0.6) is 0 Å². The van der Waals surface area contributed by atoms with E-state index in [9.17, 15) is 0 Å². The van der Waals surface area contributed by atoms with Crippen LogP contribution in [-0.2, 0) is 0 Å². The molecule has 3 nitrogen and oxygen atoms in total. The second kappa shape index (κ2) is 6.70. The first-order chi connectivity index (χ1) is 9.08. The Morgan fingerprint density at radius 3 is 2.68 bits per heavy atom. The van der Waals surface area contributed by atoms with Crippen LogP contribution in [0.25, 0.3) is 0 Å². The third-order valence-electron chi connectivity index (χ3n) is 3.13. The Morgan fingerprint density at radius 2 is 2.16 bits per heavy atom. The molecule has 0 aliphatic heterocycles. The number of hydrogen-bond acceptors (Lipinski definition) is 4. The van der Waals surface area contributed by atoms with E-state index in [-0.39, 0.29) is 6.04 Å². The average molecular weight is 343 g/mol. The fourth-order valence-corrected chi connectivity index (χ4v) is 3.42. The molecule has 2 aromatic heterocycles. The highest BCUT2D eigenvalue weighted by molar-refractivity contribution is 9.11. The predicted molar refractivity (Wildman–Crippen MR) is 83.6 cm³/mol. The highest BCUT2D eigenvalue weighted by atomic mass is 79.9. The highest BCUT2D eigenvalue weighted by Crippen LogP contribution is 2.27. The summed E-state index contributed by atoms with van der Waals surface area (Å²) in [4.78, 5) is 3.51. The van der Waals surface area contributed by atoms with Gasteiger partial charge in [-0.2, -0.15) is 0 Å². The van der Waals surface area contributed by atoms with Gasteiger partial charge in [0.05, 0.1) is 16.1 Å². The summed E-state index contributed by atoms with van der Waals surface area (Å²) in [6.07, 6.45) is 1.73. The second-order valence-electron chi connectivity index (χ2n) is 4.77. The molecular weight excluding hydrogens is 324 g/mol. The van der Waals surface area contributed by atoms with Crippen molar-refractivity contribution >= 4 is 27.3 Å². The maximum absolute atomic E-state index is 5.51. The van der Waals surface area contributed by atoms with Crippen LogP contribution in [-0.4, -0.2) is 25.5 Å². The quantitative estimate of drug-likeness (QED) is 0.858. The SMILES string of the molecule is CC(NCC(c1ccco1)N(C)C)c1ccc(Br)s1. The van der Waals surface area contributed by atoms with Gasteiger partial charge in [0.25, 0.3) is 0 Å². The highest BCUT2D eigenvalue weighted by Gasteiger charge is 2.18. The van der Waals surface area contributed by atoms with Crippen LogP contribution in [0.15, 0.2) is 38.7 Å². The second-order valence-corrected chi connectivity index (χ2v) is 7.26. The van der Waals surface area contributed by atoms with Gasteiger partial charge in [-0.3, -0.25) is 4.90 Å². The van der Waals surface area contributed by atoms with E-state index in [1.165, 1.54) is 8.66 Å². The van der Waals surface area contributed by atoms with Crippen molar-refractivity contribution in [1.82, 2.24) is 10.2 Å². The van der Waals surface area contributed by atoms with E-state index in [0.29, 0.717) is 6.04 Å². The molecule has 2 heterocycles. The molecule has 0 saturated heterocycles. The Kier molecular flexibility index (Phi) is 5.21. The smallest absolute Gasteiger partial charge is 0.122 e. The van der Waals surface area contributed by atoms with Crippen molar-refractivity contribution in [3.63, 3.8) is 0 Å². The standard InChI is InChI=1S/C14H19BrN2OS/c1-10(13-6-7-14(15)19-13)16-9-11(17(2)3)12-5-4-8-18-12/h4-8,10-11,16H,9H2,1-3H3. The molecule has 2 rings (SSSR count). The lowest BCUT2D eigenvalue weighted by Crippen LogP contribution is -2.32. The summed E-state index contributed by atoms with van der Waals surface area (Å²) >= 11 is 5.27. The molecule has 2 unspecified atom stereocenters. The largest absolute Gasteiger partial charge is 0.468 e. The Morgan fingerprint density at radius 1 is 1.37 bits per heavy atom. The maximum Gasteiger partial charge on any atom is 0.122 e. The van der Waals surface area contributed by atoms with Gasteiger partial charge in [0, 0.05) is 17.5 Å². The van der Waals surface area contributed by atoms with E-state index in [1.54, 1.807) is 17.6 Å². The lowest BCUT2D eigenvalue weighted by molar-refractivity contribution is 0.245. The minimum absolute atomic E-state index is 0.251. The van der Waals surface area contributed by atoms with Crippen molar-refractivity contribution < 1.29 is 4.42 Å². The zero-order valence-corrected chi connectivity index (χ0v) is 13.8. The summed E-state index contributed by atoms with van der Waals surface area (Å²) in [6, 6.07) is 8.80. The number of thiophene rings is 1. The normalized spacial score (nSPS) is 14.8. The number of likely N-dealkylation sites (N-methyl/N-ethyl adjacent to an activating group) is 1. The number of halogens is 1. The molecule has 0 aliphatic rings. The van der Waals surface area contributed by atoms with Crippen molar-refractivity contribution in [3.05, 3.63) is 45.0 Å². The molecule has 0 fully saturated rings. The van der Waals surface area contributed by atoms with E-state index < -0.39 is 0 Å². The van der Waals surface area contributed by atoms with Gasteiger partial charge in [0.1, 0.15) is 5.76 Å². The third kappa shape index (κ3) is 3.92. The van der Waals surface area contributed by atoms with Gasteiger partial charge in [-0.05, 0) is 61.2 Å². The molecular formula is C14H19BrN2OS.